The Morgan fingerprint density at radius 3 is 2.43 bits per heavy atom. The van der Waals surface area contributed by atoms with Crippen LogP contribution in [0.2, 0.25) is 0 Å². The normalized spacial score (nSPS) is 17.9. The van der Waals surface area contributed by atoms with Crippen molar-refractivity contribution in [1.29, 1.82) is 0 Å². The molecule has 2 aromatic carbocycles. The highest BCUT2D eigenvalue weighted by Crippen LogP contribution is 2.33. The predicted molar refractivity (Wildman–Crippen MR) is 110 cm³/mol. The summed E-state index contributed by atoms with van der Waals surface area (Å²) in [5.41, 5.74) is 0.931. The van der Waals surface area contributed by atoms with Crippen molar-refractivity contribution in [2.24, 2.45) is 5.92 Å². The van der Waals surface area contributed by atoms with Crippen LogP contribution in [0.25, 0.3) is 0 Å². The number of fused-ring (bicyclic) bond motifs is 1. The van der Waals surface area contributed by atoms with Gasteiger partial charge in [0.15, 0.2) is 11.5 Å². The first-order chi connectivity index (χ1) is 14.5. The van der Waals surface area contributed by atoms with Crippen molar-refractivity contribution in [3.8, 4) is 11.5 Å². The van der Waals surface area contributed by atoms with Crippen LogP contribution in [-0.4, -0.2) is 45.0 Å². The lowest BCUT2D eigenvalue weighted by Gasteiger charge is -2.30. The molecule has 0 aliphatic carbocycles. The third kappa shape index (κ3) is 4.60. The second kappa shape index (κ2) is 9.06. The molecule has 8 heteroatoms. The highest BCUT2D eigenvalue weighted by Gasteiger charge is 2.33. The maximum absolute atomic E-state index is 13.1. The molecule has 0 bridgehead atoms. The molecule has 1 fully saturated rings. The largest absolute Gasteiger partial charge is 0.490 e. The van der Waals surface area contributed by atoms with Crippen molar-refractivity contribution in [3.05, 3.63) is 54.1 Å². The molecular weight excluding hydrogens is 406 g/mol. The highest BCUT2D eigenvalue weighted by atomic mass is 32.2. The van der Waals surface area contributed by atoms with Crippen molar-refractivity contribution in [1.82, 2.24) is 4.31 Å². The van der Waals surface area contributed by atoms with Gasteiger partial charge in [0.1, 0.15) is 6.61 Å². The SMILES string of the molecule is O=C(OCc1ccccc1)C1CCN(S(=O)(=O)c2ccc3c(c2)OCCCO3)CC1. The van der Waals surface area contributed by atoms with E-state index in [0.717, 1.165) is 12.0 Å². The van der Waals surface area contributed by atoms with Gasteiger partial charge in [-0.3, -0.25) is 4.79 Å². The number of nitrogens with zero attached hydrogens (tertiary/aromatic N) is 1. The minimum atomic E-state index is -3.67. The van der Waals surface area contributed by atoms with Gasteiger partial charge in [-0.1, -0.05) is 30.3 Å². The van der Waals surface area contributed by atoms with Crippen LogP contribution in [-0.2, 0) is 26.2 Å². The molecule has 7 nitrogen and oxygen atoms in total. The Labute approximate surface area is 176 Å². The van der Waals surface area contributed by atoms with E-state index in [0.29, 0.717) is 37.6 Å². The Balaban J connectivity index is 1.36. The molecule has 1 saturated heterocycles. The van der Waals surface area contributed by atoms with Crippen LogP contribution in [0.3, 0.4) is 0 Å². The molecule has 0 aromatic heterocycles. The second-order valence-electron chi connectivity index (χ2n) is 7.43. The van der Waals surface area contributed by atoms with E-state index < -0.39 is 10.0 Å². The number of hydrogen-bond donors (Lipinski definition) is 0. The van der Waals surface area contributed by atoms with Crippen molar-refractivity contribution in [3.63, 3.8) is 0 Å². The Bertz CT molecular complexity index is 984. The first-order valence-electron chi connectivity index (χ1n) is 10.1. The zero-order valence-electron chi connectivity index (χ0n) is 16.7. The number of sulfonamides is 1. The number of rotatable bonds is 5. The van der Waals surface area contributed by atoms with Gasteiger partial charge in [0.05, 0.1) is 24.0 Å². The maximum atomic E-state index is 13.1. The lowest BCUT2D eigenvalue weighted by Crippen LogP contribution is -2.40. The fourth-order valence-electron chi connectivity index (χ4n) is 3.63. The highest BCUT2D eigenvalue weighted by molar-refractivity contribution is 7.89. The molecule has 2 heterocycles. The summed E-state index contributed by atoms with van der Waals surface area (Å²) in [5, 5.41) is 0. The minimum absolute atomic E-state index is 0.178. The fourth-order valence-corrected chi connectivity index (χ4v) is 5.12. The van der Waals surface area contributed by atoms with Crippen LogP contribution < -0.4 is 9.47 Å². The van der Waals surface area contributed by atoms with E-state index in [4.69, 9.17) is 14.2 Å². The van der Waals surface area contributed by atoms with Gasteiger partial charge in [-0.2, -0.15) is 4.31 Å². The summed E-state index contributed by atoms with van der Waals surface area (Å²) in [6.45, 7) is 1.83. The molecule has 0 amide bonds. The molecule has 0 N–H and O–H groups in total. The molecule has 0 saturated carbocycles. The molecule has 30 heavy (non-hydrogen) atoms. The summed E-state index contributed by atoms with van der Waals surface area (Å²) in [5.74, 6) is 0.453. The number of carbonyl (C=O) groups excluding carboxylic acids is 1. The van der Waals surface area contributed by atoms with Gasteiger partial charge in [-0.05, 0) is 30.5 Å². The van der Waals surface area contributed by atoms with Crippen LogP contribution in [0, 0.1) is 5.92 Å². The van der Waals surface area contributed by atoms with Crippen molar-refractivity contribution in [2.75, 3.05) is 26.3 Å². The zero-order valence-corrected chi connectivity index (χ0v) is 17.5. The summed E-state index contributed by atoms with van der Waals surface area (Å²) in [6, 6.07) is 14.2. The van der Waals surface area contributed by atoms with Crippen LogP contribution in [0.4, 0.5) is 0 Å². The molecule has 0 spiro atoms. The third-order valence-electron chi connectivity index (χ3n) is 5.37. The Morgan fingerprint density at radius 1 is 1.00 bits per heavy atom. The number of hydrogen-bond acceptors (Lipinski definition) is 6. The number of benzene rings is 2. The maximum Gasteiger partial charge on any atom is 0.309 e. The Kier molecular flexibility index (Phi) is 6.24. The topological polar surface area (TPSA) is 82.1 Å². The quantitative estimate of drug-likeness (QED) is 0.677. The Hall–Kier alpha value is -2.58. The first kappa shape index (κ1) is 20.7. The molecule has 2 aliphatic rings. The van der Waals surface area contributed by atoms with E-state index in [1.165, 1.54) is 10.4 Å². The molecular formula is C22H25NO6S. The van der Waals surface area contributed by atoms with Crippen LogP contribution in [0.5, 0.6) is 11.5 Å². The monoisotopic (exact) mass is 431 g/mol. The van der Waals surface area contributed by atoms with E-state index in [2.05, 4.69) is 0 Å². The zero-order chi connectivity index (χ0) is 21.0. The average Bonchev–Trinajstić information content (AvgIpc) is 3.03. The molecule has 2 aromatic rings. The van der Waals surface area contributed by atoms with E-state index in [1.54, 1.807) is 12.1 Å². The second-order valence-corrected chi connectivity index (χ2v) is 9.37. The minimum Gasteiger partial charge on any atom is -0.490 e. The average molecular weight is 432 g/mol. The summed E-state index contributed by atoms with van der Waals surface area (Å²) >= 11 is 0. The fraction of sp³-hybridized carbons (Fsp3) is 0.409. The lowest BCUT2D eigenvalue weighted by molar-refractivity contribution is -0.151. The van der Waals surface area contributed by atoms with Gasteiger partial charge in [-0.25, -0.2) is 8.42 Å². The lowest BCUT2D eigenvalue weighted by atomic mass is 9.98. The number of carbonyl (C=O) groups is 1. The van der Waals surface area contributed by atoms with Crippen LogP contribution >= 0.6 is 0 Å². The number of piperidine rings is 1. The van der Waals surface area contributed by atoms with Crippen LogP contribution in [0.1, 0.15) is 24.8 Å². The van der Waals surface area contributed by atoms with Gasteiger partial charge in [0, 0.05) is 25.6 Å². The van der Waals surface area contributed by atoms with Gasteiger partial charge in [-0.15, -0.1) is 0 Å². The van der Waals surface area contributed by atoms with Gasteiger partial charge in [0.2, 0.25) is 10.0 Å². The summed E-state index contributed by atoms with van der Waals surface area (Å²) in [6.07, 6.45) is 1.64. The summed E-state index contributed by atoms with van der Waals surface area (Å²) < 4.78 is 44.1. The molecule has 0 unspecified atom stereocenters. The first-order valence-corrected chi connectivity index (χ1v) is 11.6. The third-order valence-corrected chi connectivity index (χ3v) is 7.26. The van der Waals surface area contributed by atoms with Gasteiger partial charge in [0.25, 0.3) is 0 Å². The molecule has 2 aliphatic heterocycles. The molecule has 0 atom stereocenters. The number of ether oxygens (including phenoxy) is 3. The van der Waals surface area contributed by atoms with E-state index in [9.17, 15) is 13.2 Å². The predicted octanol–water partition coefficient (Wildman–Crippen LogP) is 2.99. The van der Waals surface area contributed by atoms with Crippen molar-refractivity contribution >= 4 is 16.0 Å². The smallest absolute Gasteiger partial charge is 0.309 e. The molecule has 0 radical (unpaired) electrons. The summed E-state index contributed by atoms with van der Waals surface area (Å²) in [4.78, 5) is 12.5. The van der Waals surface area contributed by atoms with Crippen molar-refractivity contribution < 1.29 is 27.4 Å². The summed E-state index contributed by atoms with van der Waals surface area (Å²) in [7, 11) is -3.67. The molecule has 4 rings (SSSR count). The molecule has 160 valence electrons. The van der Waals surface area contributed by atoms with E-state index in [1.807, 2.05) is 30.3 Å². The standard InChI is InChI=1S/C22H25NO6S/c24-22(29-16-17-5-2-1-3-6-17)18-9-11-23(12-10-18)30(25,26)19-7-8-20-21(15-19)28-14-4-13-27-20/h1-3,5-8,15,18H,4,9-14,16H2. The van der Waals surface area contributed by atoms with Crippen LogP contribution in [0.15, 0.2) is 53.4 Å². The van der Waals surface area contributed by atoms with Crippen molar-refractivity contribution in [2.45, 2.75) is 30.8 Å². The van der Waals surface area contributed by atoms with E-state index in [-0.39, 0.29) is 36.5 Å². The Morgan fingerprint density at radius 2 is 1.70 bits per heavy atom. The van der Waals surface area contributed by atoms with Gasteiger partial charge >= 0.3 is 5.97 Å². The van der Waals surface area contributed by atoms with Gasteiger partial charge < -0.3 is 14.2 Å². The van der Waals surface area contributed by atoms with E-state index >= 15 is 0 Å². The number of esters is 1.